The van der Waals surface area contributed by atoms with Gasteiger partial charge in [-0.3, -0.25) is 4.79 Å². The Balaban J connectivity index is 0.00000168. The highest BCUT2D eigenvalue weighted by Crippen LogP contribution is 2.32. The van der Waals surface area contributed by atoms with Crippen LogP contribution < -0.4 is 10.6 Å². The van der Waals surface area contributed by atoms with E-state index in [1.807, 2.05) is 25.1 Å². The van der Waals surface area contributed by atoms with Crippen molar-refractivity contribution >= 4 is 40.1 Å². The van der Waals surface area contributed by atoms with E-state index in [0.29, 0.717) is 17.8 Å². The zero-order valence-corrected chi connectivity index (χ0v) is 15.6. The molecule has 0 spiro atoms. The zero-order chi connectivity index (χ0) is 17.0. The Bertz CT molecular complexity index is 969. The molecule has 0 radical (unpaired) electrons. The average molecular weight is 371 g/mol. The van der Waals surface area contributed by atoms with Crippen LogP contribution in [0.25, 0.3) is 21.7 Å². The first-order valence-electron chi connectivity index (χ1n) is 9.17. The minimum absolute atomic E-state index is 0. The Labute approximate surface area is 158 Å². The Hall–Kier alpha value is -2.04. The van der Waals surface area contributed by atoms with E-state index in [4.69, 9.17) is 4.42 Å². The van der Waals surface area contributed by atoms with Gasteiger partial charge in [0.05, 0.1) is 0 Å². The standard InChI is InChI=1S/C21H22N2O2.ClH/c1-12-17-9-6-13-4-2-3-5-18(13)20(17)25-19(12)21(24)23-16-10-14-7-8-15(11-16)22-14;/h2-6,9,14-16,22H,7-8,10-11H2,1H3,(H,23,24);1H. The number of aryl methyl sites for hydroxylation is 1. The molecule has 26 heavy (non-hydrogen) atoms. The van der Waals surface area contributed by atoms with E-state index < -0.39 is 0 Å². The van der Waals surface area contributed by atoms with Gasteiger partial charge in [0.2, 0.25) is 0 Å². The molecular weight excluding hydrogens is 348 g/mol. The van der Waals surface area contributed by atoms with E-state index in [0.717, 1.165) is 40.1 Å². The molecule has 5 rings (SSSR count). The lowest BCUT2D eigenvalue weighted by atomic mass is 9.99. The highest BCUT2D eigenvalue weighted by molar-refractivity contribution is 6.08. The van der Waals surface area contributed by atoms with Crippen LogP contribution in [0.3, 0.4) is 0 Å². The predicted molar refractivity (Wildman–Crippen MR) is 106 cm³/mol. The fraction of sp³-hybridized carbons (Fsp3) is 0.381. The summed E-state index contributed by atoms with van der Waals surface area (Å²) < 4.78 is 6.06. The van der Waals surface area contributed by atoms with E-state index in [2.05, 4.69) is 28.8 Å². The Morgan fingerprint density at radius 1 is 1.08 bits per heavy atom. The minimum Gasteiger partial charge on any atom is -0.450 e. The number of rotatable bonds is 2. The first-order valence-corrected chi connectivity index (χ1v) is 9.17. The van der Waals surface area contributed by atoms with Crippen LogP contribution in [0.5, 0.6) is 0 Å². The average Bonchev–Trinajstić information content (AvgIpc) is 3.14. The van der Waals surface area contributed by atoms with Gasteiger partial charge in [0, 0.05) is 34.5 Å². The van der Waals surface area contributed by atoms with Crippen molar-refractivity contribution in [3.05, 3.63) is 47.7 Å². The second kappa shape index (κ2) is 6.60. The monoisotopic (exact) mass is 370 g/mol. The number of halogens is 1. The number of amides is 1. The fourth-order valence-electron chi connectivity index (χ4n) is 4.59. The molecule has 4 nitrogen and oxygen atoms in total. The molecule has 2 bridgehead atoms. The van der Waals surface area contributed by atoms with Crippen LogP contribution in [0.1, 0.15) is 41.8 Å². The van der Waals surface area contributed by atoms with Crippen molar-refractivity contribution < 1.29 is 9.21 Å². The van der Waals surface area contributed by atoms with E-state index in [9.17, 15) is 4.79 Å². The van der Waals surface area contributed by atoms with E-state index in [1.165, 1.54) is 12.8 Å². The molecule has 136 valence electrons. The Morgan fingerprint density at radius 2 is 1.81 bits per heavy atom. The number of carbonyl (C=O) groups is 1. The van der Waals surface area contributed by atoms with Crippen molar-refractivity contribution in [3.63, 3.8) is 0 Å². The van der Waals surface area contributed by atoms with Gasteiger partial charge in [0.1, 0.15) is 5.58 Å². The lowest BCUT2D eigenvalue weighted by Gasteiger charge is -2.29. The summed E-state index contributed by atoms with van der Waals surface area (Å²) >= 11 is 0. The molecule has 2 aromatic carbocycles. The number of furan rings is 1. The lowest BCUT2D eigenvalue weighted by molar-refractivity contribution is 0.0897. The molecule has 1 amide bonds. The summed E-state index contributed by atoms with van der Waals surface area (Å²) in [7, 11) is 0. The third-order valence-electron chi connectivity index (χ3n) is 5.84. The summed E-state index contributed by atoms with van der Waals surface area (Å²) in [4.78, 5) is 12.8. The summed E-state index contributed by atoms with van der Waals surface area (Å²) in [6.07, 6.45) is 4.49. The van der Waals surface area contributed by atoms with Gasteiger partial charge in [-0.15, -0.1) is 12.4 Å². The lowest BCUT2D eigenvalue weighted by Crippen LogP contribution is -2.48. The normalized spacial score (nSPS) is 24.6. The molecule has 0 aliphatic carbocycles. The van der Waals surface area contributed by atoms with Crippen LogP contribution in [0, 0.1) is 6.92 Å². The molecule has 2 unspecified atom stereocenters. The van der Waals surface area contributed by atoms with Crippen LogP contribution in [0.4, 0.5) is 0 Å². The van der Waals surface area contributed by atoms with Crippen molar-refractivity contribution in [1.82, 2.24) is 10.6 Å². The summed E-state index contributed by atoms with van der Waals surface area (Å²) in [6, 6.07) is 13.6. The number of hydrogen-bond donors (Lipinski definition) is 2. The maximum atomic E-state index is 12.8. The fourth-order valence-corrected chi connectivity index (χ4v) is 4.59. The second-order valence-corrected chi connectivity index (χ2v) is 7.50. The van der Waals surface area contributed by atoms with E-state index in [1.54, 1.807) is 0 Å². The van der Waals surface area contributed by atoms with Crippen LogP contribution in [-0.2, 0) is 0 Å². The molecule has 2 saturated heterocycles. The largest absolute Gasteiger partial charge is 0.450 e. The van der Waals surface area contributed by atoms with Crippen molar-refractivity contribution in [2.45, 2.75) is 50.7 Å². The van der Waals surface area contributed by atoms with Crippen molar-refractivity contribution in [3.8, 4) is 0 Å². The summed E-state index contributed by atoms with van der Waals surface area (Å²) in [5.41, 5.74) is 1.74. The van der Waals surface area contributed by atoms with Gasteiger partial charge in [-0.05, 0) is 38.0 Å². The van der Waals surface area contributed by atoms with Crippen molar-refractivity contribution in [2.24, 2.45) is 0 Å². The third-order valence-corrected chi connectivity index (χ3v) is 5.84. The summed E-state index contributed by atoms with van der Waals surface area (Å²) in [5, 5.41) is 10.0. The van der Waals surface area contributed by atoms with E-state index in [-0.39, 0.29) is 24.4 Å². The van der Waals surface area contributed by atoms with Gasteiger partial charge >= 0.3 is 0 Å². The van der Waals surface area contributed by atoms with Crippen LogP contribution in [-0.4, -0.2) is 24.0 Å². The number of piperidine rings is 1. The van der Waals surface area contributed by atoms with Gasteiger partial charge in [-0.1, -0.05) is 36.4 Å². The first-order chi connectivity index (χ1) is 12.2. The summed E-state index contributed by atoms with van der Waals surface area (Å²) in [5.74, 6) is 0.376. The van der Waals surface area contributed by atoms with Gasteiger partial charge in [-0.25, -0.2) is 0 Å². The summed E-state index contributed by atoms with van der Waals surface area (Å²) in [6.45, 7) is 1.97. The molecule has 2 aliphatic heterocycles. The SMILES string of the molecule is Cc1c(C(=O)NC2CC3CCC(C2)N3)oc2c1ccc1ccccc12.Cl. The topological polar surface area (TPSA) is 54.3 Å². The zero-order valence-electron chi connectivity index (χ0n) is 14.7. The molecule has 3 aromatic rings. The number of nitrogens with one attached hydrogen (secondary N) is 2. The quantitative estimate of drug-likeness (QED) is 0.706. The molecule has 2 atom stereocenters. The van der Waals surface area contributed by atoms with Gasteiger partial charge < -0.3 is 15.1 Å². The molecule has 0 saturated carbocycles. The van der Waals surface area contributed by atoms with Gasteiger partial charge in [0.25, 0.3) is 5.91 Å². The molecule has 3 heterocycles. The van der Waals surface area contributed by atoms with Crippen molar-refractivity contribution in [1.29, 1.82) is 0 Å². The highest BCUT2D eigenvalue weighted by atomic mass is 35.5. The number of fused-ring (bicyclic) bond motifs is 5. The van der Waals surface area contributed by atoms with Crippen LogP contribution >= 0.6 is 12.4 Å². The Morgan fingerprint density at radius 3 is 2.58 bits per heavy atom. The number of carbonyl (C=O) groups excluding carboxylic acids is 1. The molecule has 2 fully saturated rings. The van der Waals surface area contributed by atoms with Crippen LogP contribution in [0.15, 0.2) is 40.8 Å². The predicted octanol–water partition coefficient (Wildman–Crippen LogP) is 4.33. The second-order valence-electron chi connectivity index (χ2n) is 7.50. The van der Waals surface area contributed by atoms with Gasteiger partial charge in [-0.2, -0.15) is 0 Å². The maximum absolute atomic E-state index is 12.8. The Kier molecular flexibility index (Phi) is 4.41. The minimum atomic E-state index is -0.0796. The smallest absolute Gasteiger partial charge is 0.287 e. The molecule has 2 N–H and O–H groups in total. The number of benzene rings is 2. The molecular formula is C21H23ClN2O2. The van der Waals surface area contributed by atoms with Gasteiger partial charge in [0.15, 0.2) is 5.76 Å². The van der Waals surface area contributed by atoms with Crippen LogP contribution in [0.2, 0.25) is 0 Å². The molecule has 1 aromatic heterocycles. The first kappa shape index (κ1) is 17.4. The molecule has 5 heteroatoms. The maximum Gasteiger partial charge on any atom is 0.287 e. The highest BCUT2D eigenvalue weighted by Gasteiger charge is 2.34. The van der Waals surface area contributed by atoms with Crippen molar-refractivity contribution in [2.75, 3.05) is 0 Å². The van der Waals surface area contributed by atoms with E-state index >= 15 is 0 Å². The molecule has 2 aliphatic rings. The third kappa shape index (κ3) is 2.78. The number of hydrogen-bond acceptors (Lipinski definition) is 3.